The molecule has 0 saturated heterocycles. The summed E-state index contributed by atoms with van der Waals surface area (Å²) < 4.78 is 21.1. The Morgan fingerprint density at radius 1 is 1.45 bits per heavy atom. The van der Waals surface area contributed by atoms with E-state index in [4.69, 9.17) is 34.4 Å². The Bertz CT molecular complexity index is 838. The van der Waals surface area contributed by atoms with Gasteiger partial charge in [-0.1, -0.05) is 29.1 Å². The molecular formula is C14H10Cl2FN3O2. The van der Waals surface area contributed by atoms with Gasteiger partial charge in [0.15, 0.2) is 6.30 Å². The van der Waals surface area contributed by atoms with Crippen molar-refractivity contribution in [3.63, 3.8) is 0 Å². The summed E-state index contributed by atoms with van der Waals surface area (Å²) in [5.74, 6) is 2.97. The fourth-order valence-electron chi connectivity index (χ4n) is 2.32. The molecule has 2 heterocycles. The SMILES string of the molecule is C#CCOc1cc(-n2nc3n(c2=O)C(F)CC3)c(Cl)cc1Cl. The van der Waals surface area contributed by atoms with E-state index in [2.05, 4.69) is 11.0 Å². The van der Waals surface area contributed by atoms with Crippen LogP contribution in [0.2, 0.25) is 10.0 Å². The molecule has 1 atom stereocenters. The van der Waals surface area contributed by atoms with Gasteiger partial charge in [-0.2, -0.15) is 4.68 Å². The maximum atomic E-state index is 13.7. The number of ether oxygens (including phenoxy) is 1. The van der Waals surface area contributed by atoms with Crippen molar-refractivity contribution in [1.29, 1.82) is 0 Å². The monoisotopic (exact) mass is 341 g/mol. The molecule has 5 nitrogen and oxygen atoms in total. The number of fused-ring (bicyclic) bond motifs is 1. The predicted molar refractivity (Wildman–Crippen MR) is 80.6 cm³/mol. The number of alkyl halides is 1. The topological polar surface area (TPSA) is 49.0 Å². The number of hydrogen-bond acceptors (Lipinski definition) is 3. The van der Waals surface area contributed by atoms with E-state index in [0.717, 1.165) is 9.25 Å². The van der Waals surface area contributed by atoms with Crippen LogP contribution in [0, 0.1) is 12.3 Å². The molecule has 1 unspecified atom stereocenters. The molecule has 0 aliphatic carbocycles. The summed E-state index contributed by atoms with van der Waals surface area (Å²) in [6, 6.07) is 2.88. The molecule has 2 aromatic rings. The van der Waals surface area contributed by atoms with E-state index in [1.165, 1.54) is 12.1 Å². The van der Waals surface area contributed by atoms with E-state index < -0.39 is 12.0 Å². The number of hydrogen-bond donors (Lipinski definition) is 0. The van der Waals surface area contributed by atoms with Gasteiger partial charge >= 0.3 is 5.69 Å². The van der Waals surface area contributed by atoms with Crippen LogP contribution in [-0.2, 0) is 6.42 Å². The lowest BCUT2D eigenvalue weighted by molar-refractivity contribution is 0.246. The average Bonchev–Trinajstić information content (AvgIpc) is 3.00. The third-order valence-electron chi connectivity index (χ3n) is 3.31. The van der Waals surface area contributed by atoms with Crippen LogP contribution in [-0.4, -0.2) is 21.0 Å². The van der Waals surface area contributed by atoms with E-state index in [1.807, 2.05) is 0 Å². The minimum absolute atomic E-state index is 0.0158. The minimum Gasteiger partial charge on any atom is -0.479 e. The summed E-state index contributed by atoms with van der Waals surface area (Å²) in [5.41, 5.74) is -0.329. The Morgan fingerprint density at radius 2 is 2.23 bits per heavy atom. The second-order valence-corrected chi connectivity index (χ2v) is 5.49. The lowest BCUT2D eigenvalue weighted by atomic mass is 10.3. The molecular weight excluding hydrogens is 332 g/mol. The number of aromatic nitrogens is 3. The van der Waals surface area contributed by atoms with Crippen LogP contribution in [0.4, 0.5) is 4.39 Å². The fraction of sp³-hybridized carbons (Fsp3) is 0.286. The summed E-state index contributed by atoms with van der Waals surface area (Å²) in [7, 11) is 0. The van der Waals surface area contributed by atoms with Crippen LogP contribution < -0.4 is 10.4 Å². The number of nitrogens with zero attached hydrogens (tertiary/aromatic N) is 3. The van der Waals surface area contributed by atoms with Crippen LogP contribution in [0.15, 0.2) is 16.9 Å². The molecule has 114 valence electrons. The van der Waals surface area contributed by atoms with Crippen molar-refractivity contribution < 1.29 is 9.13 Å². The van der Waals surface area contributed by atoms with Crippen LogP contribution in [0.3, 0.4) is 0 Å². The number of rotatable bonds is 3. The zero-order valence-electron chi connectivity index (χ0n) is 11.2. The zero-order chi connectivity index (χ0) is 15.9. The molecule has 0 saturated carbocycles. The predicted octanol–water partition coefficient (Wildman–Crippen LogP) is 2.77. The van der Waals surface area contributed by atoms with Gasteiger partial charge in [0.05, 0.1) is 15.7 Å². The standard InChI is InChI=1S/C14H10Cl2FN3O2/c1-2-5-22-11-7-10(8(15)6-9(11)16)20-14(21)19-12(17)3-4-13(19)18-20/h1,6-7,12H,3-5H2. The summed E-state index contributed by atoms with van der Waals surface area (Å²) in [6.45, 7) is 0.0158. The average molecular weight is 342 g/mol. The second-order valence-electron chi connectivity index (χ2n) is 4.68. The number of terminal acetylenes is 1. The molecule has 0 amide bonds. The van der Waals surface area contributed by atoms with Gasteiger partial charge in [-0.25, -0.2) is 13.8 Å². The number of benzene rings is 1. The maximum absolute atomic E-state index is 13.7. The lowest BCUT2D eigenvalue weighted by Gasteiger charge is -2.09. The molecule has 1 aromatic carbocycles. The molecule has 1 aromatic heterocycles. The second kappa shape index (κ2) is 5.67. The molecule has 3 rings (SSSR count). The van der Waals surface area contributed by atoms with Gasteiger partial charge in [0.1, 0.15) is 18.2 Å². The van der Waals surface area contributed by atoms with Crippen LogP contribution in [0.1, 0.15) is 18.5 Å². The van der Waals surface area contributed by atoms with Gasteiger partial charge in [0.2, 0.25) is 0 Å². The van der Waals surface area contributed by atoms with Gasteiger partial charge in [-0.05, 0) is 6.07 Å². The molecule has 0 spiro atoms. The molecule has 0 bridgehead atoms. The molecule has 22 heavy (non-hydrogen) atoms. The van der Waals surface area contributed by atoms with Gasteiger partial charge in [-0.3, -0.25) is 0 Å². The van der Waals surface area contributed by atoms with E-state index >= 15 is 0 Å². The quantitative estimate of drug-likeness (QED) is 0.806. The van der Waals surface area contributed by atoms with Crippen LogP contribution in [0.5, 0.6) is 5.75 Å². The van der Waals surface area contributed by atoms with Crippen molar-refractivity contribution in [3.8, 4) is 23.8 Å². The first-order chi connectivity index (χ1) is 10.5. The van der Waals surface area contributed by atoms with E-state index in [-0.39, 0.29) is 34.5 Å². The highest BCUT2D eigenvalue weighted by Crippen LogP contribution is 2.33. The third-order valence-corrected chi connectivity index (χ3v) is 3.91. The Balaban J connectivity index is 2.11. The van der Waals surface area contributed by atoms with Gasteiger partial charge < -0.3 is 4.74 Å². The number of halogens is 3. The Morgan fingerprint density at radius 3 is 2.91 bits per heavy atom. The van der Waals surface area contributed by atoms with Gasteiger partial charge in [0, 0.05) is 18.9 Å². The highest BCUT2D eigenvalue weighted by atomic mass is 35.5. The van der Waals surface area contributed by atoms with E-state index in [9.17, 15) is 9.18 Å². The van der Waals surface area contributed by atoms with Crippen molar-refractivity contribution in [2.24, 2.45) is 0 Å². The Labute approximate surface area is 135 Å². The maximum Gasteiger partial charge on any atom is 0.353 e. The fourth-order valence-corrected chi connectivity index (χ4v) is 2.83. The molecule has 0 radical (unpaired) electrons. The highest BCUT2D eigenvalue weighted by molar-refractivity contribution is 6.36. The first kappa shape index (κ1) is 14.9. The summed E-state index contributed by atoms with van der Waals surface area (Å²) in [5, 5.41) is 4.58. The first-order valence-electron chi connectivity index (χ1n) is 6.43. The van der Waals surface area contributed by atoms with Crippen molar-refractivity contribution in [2.45, 2.75) is 19.1 Å². The Kier molecular flexibility index (Phi) is 3.85. The third kappa shape index (κ3) is 2.36. The summed E-state index contributed by atoms with van der Waals surface area (Å²) in [6.07, 6.45) is 4.43. The number of aryl methyl sites for hydroxylation is 1. The molecule has 0 fully saturated rings. The van der Waals surface area contributed by atoms with Crippen molar-refractivity contribution >= 4 is 23.2 Å². The van der Waals surface area contributed by atoms with Crippen molar-refractivity contribution in [3.05, 3.63) is 38.5 Å². The normalized spacial score (nSPS) is 16.4. The smallest absolute Gasteiger partial charge is 0.353 e. The minimum atomic E-state index is -1.36. The molecule has 0 N–H and O–H groups in total. The molecule has 1 aliphatic rings. The molecule has 8 heteroatoms. The lowest BCUT2D eigenvalue weighted by Crippen LogP contribution is -2.24. The zero-order valence-corrected chi connectivity index (χ0v) is 12.7. The van der Waals surface area contributed by atoms with Gasteiger partial charge in [-0.15, -0.1) is 11.5 Å². The molecule has 1 aliphatic heterocycles. The van der Waals surface area contributed by atoms with E-state index in [0.29, 0.717) is 12.2 Å². The van der Waals surface area contributed by atoms with Crippen LogP contribution >= 0.6 is 23.2 Å². The van der Waals surface area contributed by atoms with Gasteiger partial charge in [0.25, 0.3) is 0 Å². The summed E-state index contributed by atoms with van der Waals surface area (Å²) in [4.78, 5) is 12.3. The van der Waals surface area contributed by atoms with E-state index in [1.54, 1.807) is 0 Å². The largest absolute Gasteiger partial charge is 0.479 e. The van der Waals surface area contributed by atoms with Crippen molar-refractivity contribution in [1.82, 2.24) is 14.3 Å². The Hall–Kier alpha value is -1.97. The first-order valence-corrected chi connectivity index (χ1v) is 7.18. The highest BCUT2D eigenvalue weighted by Gasteiger charge is 2.28. The van der Waals surface area contributed by atoms with Crippen LogP contribution in [0.25, 0.3) is 5.69 Å². The summed E-state index contributed by atoms with van der Waals surface area (Å²) >= 11 is 12.1. The van der Waals surface area contributed by atoms with Crippen molar-refractivity contribution in [2.75, 3.05) is 6.61 Å².